The van der Waals surface area contributed by atoms with Gasteiger partial charge in [0.15, 0.2) is 0 Å². The molecule has 0 unspecified atom stereocenters. The van der Waals surface area contributed by atoms with E-state index in [9.17, 15) is 14.4 Å². The van der Waals surface area contributed by atoms with Crippen LogP contribution in [0.5, 0.6) is 5.75 Å². The van der Waals surface area contributed by atoms with Gasteiger partial charge in [-0.05, 0) is 43.5 Å². The molecule has 0 heterocycles. The molecule has 5 nitrogen and oxygen atoms in total. The van der Waals surface area contributed by atoms with Crippen molar-refractivity contribution in [3.05, 3.63) is 29.8 Å². The number of carbonyl (C=O) groups excluding carboxylic acids is 3. The van der Waals surface area contributed by atoms with Crippen molar-refractivity contribution in [1.82, 2.24) is 0 Å². The molecule has 0 N–H and O–H groups in total. The Morgan fingerprint density at radius 2 is 1.64 bits per heavy atom. The molecule has 1 aromatic rings. The van der Waals surface area contributed by atoms with E-state index >= 15 is 0 Å². The molecule has 0 saturated heterocycles. The van der Waals surface area contributed by atoms with E-state index in [0.29, 0.717) is 43.6 Å². The first-order valence-electron chi connectivity index (χ1n) is 7.57. The van der Waals surface area contributed by atoms with Gasteiger partial charge in [-0.3, -0.25) is 14.4 Å². The summed E-state index contributed by atoms with van der Waals surface area (Å²) in [5.41, 5.74) is 0.537. The van der Waals surface area contributed by atoms with Crippen molar-refractivity contribution in [2.75, 3.05) is 6.61 Å². The largest absolute Gasteiger partial charge is 0.466 e. The van der Waals surface area contributed by atoms with Gasteiger partial charge >= 0.3 is 11.9 Å². The highest BCUT2D eigenvalue weighted by Gasteiger charge is 2.06. The Balaban J connectivity index is 2.12. The van der Waals surface area contributed by atoms with Gasteiger partial charge in [0.1, 0.15) is 12.0 Å². The molecule has 0 aromatic heterocycles. The first-order valence-corrected chi connectivity index (χ1v) is 7.57. The molecule has 0 amide bonds. The summed E-state index contributed by atoms with van der Waals surface area (Å²) >= 11 is 0. The summed E-state index contributed by atoms with van der Waals surface area (Å²) in [6.45, 7) is 2.42. The van der Waals surface area contributed by atoms with Crippen molar-refractivity contribution in [3.8, 4) is 5.75 Å². The SMILES string of the molecule is CCCOC(=O)CCCCCC(=O)Oc1ccc(C=O)cc1. The smallest absolute Gasteiger partial charge is 0.311 e. The van der Waals surface area contributed by atoms with Crippen LogP contribution in [-0.2, 0) is 14.3 Å². The van der Waals surface area contributed by atoms with Crippen molar-refractivity contribution < 1.29 is 23.9 Å². The fourth-order valence-electron chi connectivity index (χ4n) is 1.80. The van der Waals surface area contributed by atoms with Gasteiger partial charge in [0, 0.05) is 18.4 Å². The lowest BCUT2D eigenvalue weighted by molar-refractivity contribution is -0.143. The van der Waals surface area contributed by atoms with Gasteiger partial charge in [-0.25, -0.2) is 0 Å². The van der Waals surface area contributed by atoms with Crippen LogP contribution in [0.15, 0.2) is 24.3 Å². The van der Waals surface area contributed by atoms with E-state index in [1.165, 1.54) is 0 Å². The summed E-state index contributed by atoms with van der Waals surface area (Å²) in [6.07, 6.45) is 4.42. The number of esters is 2. The number of hydrogen-bond donors (Lipinski definition) is 0. The third-order valence-corrected chi connectivity index (χ3v) is 2.98. The number of hydrogen-bond acceptors (Lipinski definition) is 5. The van der Waals surface area contributed by atoms with Gasteiger partial charge in [-0.1, -0.05) is 13.3 Å². The monoisotopic (exact) mass is 306 g/mol. The van der Waals surface area contributed by atoms with Crippen LogP contribution in [-0.4, -0.2) is 24.8 Å². The molecule has 5 heteroatoms. The quantitative estimate of drug-likeness (QED) is 0.287. The fraction of sp³-hybridized carbons (Fsp3) is 0.471. The molecule has 1 rings (SSSR count). The minimum Gasteiger partial charge on any atom is -0.466 e. The summed E-state index contributed by atoms with van der Waals surface area (Å²) in [7, 11) is 0. The Morgan fingerprint density at radius 3 is 2.23 bits per heavy atom. The molecular formula is C17H22O5. The zero-order valence-corrected chi connectivity index (χ0v) is 12.9. The summed E-state index contributed by atoms with van der Waals surface area (Å²) in [5, 5.41) is 0. The van der Waals surface area contributed by atoms with Crippen LogP contribution in [0.25, 0.3) is 0 Å². The highest BCUT2D eigenvalue weighted by molar-refractivity contribution is 5.76. The molecule has 0 fully saturated rings. The second-order valence-electron chi connectivity index (χ2n) is 4.94. The summed E-state index contributed by atoms with van der Waals surface area (Å²) < 4.78 is 10.1. The fourth-order valence-corrected chi connectivity index (χ4v) is 1.80. The Bertz CT molecular complexity index is 478. The number of carbonyl (C=O) groups is 3. The van der Waals surface area contributed by atoms with Crippen molar-refractivity contribution in [2.24, 2.45) is 0 Å². The lowest BCUT2D eigenvalue weighted by atomic mass is 10.1. The van der Waals surface area contributed by atoms with Crippen LogP contribution in [0.1, 0.15) is 55.8 Å². The van der Waals surface area contributed by atoms with Gasteiger partial charge in [-0.2, -0.15) is 0 Å². The number of rotatable bonds is 10. The average molecular weight is 306 g/mol. The predicted octanol–water partition coefficient (Wildman–Crippen LogP) is 3.31. The first-order chi connectivity index (χ1) is 10.7. The minimum absolute atomic E-state index is 0.181. The van der Waals surface area contributed by atoms with Gasteiger partial charge < -0.3 is 9.47 Å². The lowest BCUT2D eigenvalue weighted by Gasteiger charge is -2.05. The normalized spacial score (nSPS) is 10.0. The maximum atomic E-state index is 11.6. The highest BCUT2D eigenvalue weighted by Crippen LogP contribution is 2.13. The Labute approximate surface area is 130 Å². The molecule has 0 spiro atoms. The Morgan fingerprint density at radius 1 is 1.00 bits per heavy atom. The van der Waals surface area contributed by atoms with E-state index in [4.69, 9.17) is 9.47 Å². The van der Waals surface area contributed by atoms with Gasteiger partial charge in [0.05, 0.1) is 6.61 Å². The molecule has 0 saturated carbocycles. The van der Waals surface area contributed by atoms with Crippen LogP contribution in [0.2, 0.25) is 0 Å². The predicted molar refractivity (Wildman–Crippen MR) is 81.8 cm³/mol. The van der Waals surface area contributed by atoms with Crippen molar-refractivity contribution in [1.29, 1.82) is 0 Å². The Kier molecular flexibility index (Phi) is 8.57. The van der Waals surface area contributed by atoms with Crippen LogP contribution in [0, 0.1) is 0 Å². The van der Waals surface area contributed by atoms with E-state index < -0.39 is 0 Å². The number of aldehydes is 1. The molecule has 120 valence electrons. The maximum Gasteiger partial charge on any atom is 0.311 e. The summed E-state index contributed by atoms with van der Waals surface area (Å²) in [5.74, 6) is -0.0640. The zero-order valence-electron chi connectivity index (χ0n) is 12.9. The zero-order chi connectivity index (χ0) is 16.2. The van der Waals surface area contributed by atoms with E-state index in [2.05, 4.69) is 0 Å². The van der Waals surface area contributed by atoms with Gasteiger partial charge in [0.2, 0.25) is 0 Å². The molecule has 0 aliphatic rings. The van der Waals surface area contributed by atoms with Crippen LogP contribution < -0.4 is 4.74 Å². The van der Waals surface area contributed by atoms with Gasteiger partial charge in [-0.15, -0.1) is 0 Å². The standard InChI is InChI=1S/C17H22O5/c1-2-12-21-16(19)6-4-3-5-7-17(20)22-15-10-8-14(13-18)9-11-15/h8-11,13H,2-7,12H2,1H3. The second-order valence-corrected chi connectivity index (χ2v) is 4.94. The van der Waals surface area contributed by atoms with E-state index in [1.807, 2.05) is 6.92 Å². The van der Waals surface area contributed by atoms with E-state index in [-0.39, 0.29) is 11.9 Å². The molecule has 1 aromatic carbocycles. The highest BCUT2D eigenvalue weighted by atomic mass is 16.5. The minimum atomic E-state index is -0.313. The third kappa shape index (κ3) is 7.57. The summed E-state index contributed by atoms with van der Waals surface area (Å²) in [6, 6.07) is 6.37. The molecule has 0 radical (unpaired) electrons. The van der Waals surface area contributed by atoms with Crippen LogP contribution in [0.3, 0.4) is 0 Å². The first kappa shape index (κ1) is 17.9. The average Bonchev–Trinajstić information content (AvgIpc) is 2.53. The molecular weight excluding hydrogens is 284 g/mol. The van der Waals surface area contributed by atoms with E-state index in [1.54, 1.807) is 24.3 Å². The third-order valence-electron chi connectivity index (χ3n) is 2.98. The van der Waals surface area contributed by atoms with Crippen LogP contribution >= 0.6 is 0 Å². The maximum absolute atomic E-state index is 11.6. The molecule has 22 heavy (non-hydrogen) atoms. The molecule has 0 bridgehead atoms. The number of benzene rings is 1. The van der Waals surface area contributed by atoms with Crippen molar-refractivity contribution in [2.45, 2.75) is 45.4 Å². The second kappa shape index (κ2) is 10.5. The van der Waals surface area contributed by atoms with E-state index in [0.717, 1.165) is 19.1 Å². The topological polar surface area (TPSA) is 69.7 Å². The van der Waals surface area contributed by atoms with Crippen molar-refractivity contribution >= 4 is 18.2 Å². The Hall–Kier alpha value is -2.17. The molecule has 0 aliphatic carbocycles. The molecule has 0 atom stereocenters. The summed E-state index contributed by atoms with van der Waals surface area (Å²) in [4.78, 5) is 33.4. The van der Waals surface area contributed by atoms with Crippen molar-refractivity contribution in [3.63, 3.8) is 0 Å². The number of unbranched alkanes of at least 4 members (excludes halogenated alkanes) is 2. The van der Waals surface area contributed by atoms with Gasteiger partial charge in [0.25, 0.3) is 0 Å². The molecule has 0 aliphatic heterocycles. The van der Waals surface area contributed by atoms with Crippen LogP contribution in [0.4, 0.5) is 0 Å². The lowest BCUT2D eigenvalue weighted by Crippen LogP contribution is -2.08. The number of ether oxygens (including phenoxy) is 2.